The minimum Gasteiger partial charge on any atom is -0.497 e. The molecule has 2 aromatic carbocycles. The van der Waals surface area contributed by atoms with E-state index in [0.717, 1.165) is 11.1 Å². The summed E-state index contributed by atoms with van der Waals surface area (Å²) in [6, 6.07) is 8.91. The highest BCUT2D eigenvalue weighted by atomic mass is 16.5. The minimum absolute atomic E-state index is 0.165. The molecule has 0 radical (unpaired) electrons. The van der Waals surface area contributed by atoms with Crippen LogP contribution in [0.1, 0.15) is 11.1 Å². The van der Waals surface area contributed by atoms with Crippen LogP contribution in [0, 0.1) is 6.92 Å². The fourth-order valence-corrected chi connectivity index (χ4v) is 2.49. The molecule has 134 valence electrons. The van der Waals surface area contributed by atoms with Crippen LogP contribution in [-0.2, 0) is 11.2 Å². The van der Waals surface area contributed by atoms with Crippen LogP contribution in [0.2, 0.25) is 0 Å². The normalized spacial score (nSPS) is 10.1. The lowest BCUT2D eigenvalue weighted by Gasteiger charge is -2.14. The Labute approximate surface area is 147 Å². The Bertz CT molecular complexity index is 758. The van der Waals surface area contributed by atoms with Gasteiger partial charge in [-0.2, -0.15) is 0 Å². The molecule has 0 aliphatic heterocycles. The van der Waals surface area contributed by atoms with Crippen LogP contribution in [0.15, 0.2) is 30.3 Å². The number of nitrogens with one attached hydrogen (secondary N) is 1. The van der Waals surface area contributed by atoms with Crippen LogP contribution in [0.5, 0.6) is 23.0 Å². The first-order chi connectivity index (χ1) is 12.0. The fourth-order valence-electron chi connectivity index (χ4n) is 2.49. The van der Waals surface area contributed by atoms with Crippen LogP contribution in [-0.4, -0.2) is 34.3 Å². The third kappa shape index (κ3) is 4.35. The van der Waals surface area contributed by atoms with Gasteiger partial charge in [0.25, 0.3) is 0 Å². The zero-order valence-electron chi connectivity index (χ0n) is 15.1. The van der Waals surface area contributed by atoms with Crippen molar-refractivity contribution in [2.24, 2.45) is 0 Å². The number of rotatable bonds is 7. The lowest BCUT2D eigenvalue weighted by atomic mass is 10.0. The molecule has 25 heavy (non-hydrogen) atoms. The zero-order chi connectivity index (χ0) is 18.4. The lowest BCUT2D eigenvalue weighted by molar-refractivity contribution is -0.115. The Morgan fingerprint density at radius 2 is 1.52 bits per heavy atom. The number of carbonyl (C=O) groups is 1. The van der Waals surface area contributed by atoms with E-state index in [2.05, 4.69) is 5.32 Å². The summed E-state index contributed by atoms with van der Waals surface area (Å²) in [7, 11) is 6.27. The van der Waals surface area contributed by atoms with Gasteiger partial charge >= 0.3 is 0 Å². The van der Waals surface area contributed by atoms with Crippen molar-refractivity contribution in [1.82, 2.24) is 0 Å². The number of hydrogen-bond acceptors (Lipinski definition) is 5. The summed E-state index contributed by atoms with van der Waals surface area (Å²) in [6.07, 6.45) is 0.201. The topological polar surface area (TPSA) is 66.0 Å². The monoisotopic (exact) mass is 345 g/mol. The van der Waals surface area contributed by atoms with Crippen LogP contribution >= 0.6 is 0 Å². The molecule has 0 aliphatic carbocycles. The SMILES string of the molecule is COc1ccc(OC)c(NC(=O)Cc2cc(OC)c(OC)cc2C)c1. The van der Waals surface area contributed by atoms with Crippen molar-refractivity contribution in [2.75, 3.05) is 33.8 Å². The van der Waals surface area contributed by atoms with E-state index in [9.17, 15) is 4.79 Å². The number of amides is 1. The van der Waals surface area contributed by atoms with Gasteiger partial charge in [0.05, 0.1) is 40.5 Å². The van der Waals surface area contributed by atoms with E-state index in [1.165, 1.54) is 0 Å². The van der Waals surface area contributed by atoms with Gasteiger partial charge in [-0.25, -0.2) is 0 Å². The van der Waals surface area contributed by atoms with Crippen molar-refractivity contribution in [1.29, 1.82) is 0 Å². The molecular weight excluding hydrogens is 322 g/mol. The zero-order valence-corrected chi connectivity index (χ0v) is 15.1. The van der Waals surface area contributed by atoms with Gasteiger partial charge in [-0.15, -0.1) is 0 Å². The lowest BCUT2D eigenvalue weighted by Crippen LogP contribution is -2.16. The molecule has 0 unspecified atom stereocenters. The molecule has 1 N–H and O–H groups in total. The number of anilines is 1. The number of aryl methyl sites for hydroxylation is 1. The molecule has 0 saturated heterocycles. The predicted molar refractivity (Wildman–Crippen MR) is 96.2 cm³/mol. The minimum atomic E-state index is -0.165. The molecule has 0 heterocycles. The summed E-state index contributed by atoms with van der Waals surface area (Å²) in [5.41, 5.74) is 2.37. The molecule has 6 nitrogen and oxygen atoms in total. The van der Waals surface area contributed by atoms with Crippen molar-refractivity contribution in [3.05, 3.63) is 41.5 Å². The van der Waals surface area contributed by atoms with Gasteiger partial charge in [-0.05, 0) is 42.3 Å². The first-order valence-electron chi connectivity index (χ1n) is 7.75. The number of methoxy groups -OCH3 is 4. The second-order valence-electron chi connectivity index (χ2n) is 5.42. The average molecular weight is 345 g/mol. The average Bonchev–Trinajstić information content (AvgIpc) is 2.62. The highest BCUT2D eigenvalue weighted by molar-refractivity contribution is 5.94. The Hall–Kier alpha value is -2.89. The first-order valence-corrected chi connectivity index (χ1v) is 7.75. The second-order valence-corrected chi connectivity index (χ2v) is 5.42. The number of hydrogen-bond donors (Lipinski definition) is 1. The van der Waals surface area contributed by atoms with Crippen LogP contribution in [0.25, 0.3) is 0 Å². The number of ether oxygens (including phenoxy) is 4. The number of benzene rings is 2. The van der Waals surface area contributed by atoms with E-state index < -0.39 is 0 Å². The molecule has 0 aliphatic rings. The van der Waals surface area contributed by atoms with E-state index in [1.807, 2.05) is 19.1 Å². The van der Waals surface area contributed by atoms with Crippen LogP contribution in [0.3, 0.4) is 0 Å². The summed E-state index contributed by atoms with van der Waals surface area (Å²) < 4.78 is 21.0. The molecule has 0 fully saturated rings. The Kier molecular flexibility index (Phi) is 6.11. The largest absolute Gasteiger partial charge is 0.497 e. The van der Waals surface area contributed by atoms with Crippen molar-refractivity contribution in [3.8, 4) is 23.0 Å². The number of carbonyl (C=O) groups excluding carboxylic acids is 1. The maximum atomic E-state index is 12.5. The molecule has 1 amide bonds. The van der Waals surface area contributed by atoms with Crippen molar-refractivity contribution in [2.45, 2.75) is 13.3 Å². The predicted octanol–water partition coefficient (Wildman–Crippen LogP) is 3.21. The molecule has 2 aromatic rings. The molecule has 0 aromatic heterocycles. The smallest absolute Gasteiger partial charge is 0.228 e. The summed E-state index contributed by atoms with van der Waals surface area (Å²) >= 11 is 0. The van der Waals surface area contributed by atoms with E-state index in [0.29, 0.717) is 28.7 Å². The molecule has 0 bridgehead atoms. The Morgan fingerprint density at radius 1 is 0.880 bits per heavy atom. The quantitative estimate of drug-likeness (QED) is 0.835. The van der Waals surface area contributed by atoms with E-state index in [4.69, 9.17) is 18.9 Å². The summed E-state index contributed by atoms with van der Waals surface area (Å²) in [4.78, 5) is 12.5. The maximum Gasteiger partial charge on any atom is 0.228 e. The van der Waals surface area contributed by atoms with Gasteiger partial charge in [0.2, 0.25) is 5.91 Å². The molecule has 0 spiro atoms. The van der Waals surface area contributed by atoms with Gasteiger partial charge < -0.3 is 24.3 Å². The standard InChI is InChI=1S/C19H23NO5/c1-12-8-17(24-4)18(25-5)9-13(12)10-19(21)20-15-11-14(22-2)6-7-16(15)23-3/h6-9,11H,10H2,1-5H3,(H,20,21). The summed E-state index contributed by atoms with van der Waals surface area (Å²) in [5, 5.41) is 2.86. The summed E-state index contributed by atoms with van der Waals surface area (Å²) in [6.45, 7) is 1.93. The van der Waals surface area contributed by atoms with Gasteiger partial charge in [-0.1, -0.05) is 0 Å². The molecule has 0 saturated carbocycles. The van der Waals surface area contributed by atoms with Gasteiger partial charge in [-0.3, -0.25) is 4.79 Å². The van der Waals surface area contributed by atoms with Gasteiger partial charge in [0.1, 0.15) is 11.5 Å². The molecular formula is C19H23NO5. The van der Waals surface area contributed by atoms with Gasteiger partial charge in [0.15, 0.2) is 11.5 Å². The van der Waals surface area contributed by atoms with Gasteiger partial charge in [0, 0.05) is 6.07 Å². The second kappa shape index (κ2) is 8.28. The highest BCUT2D eigenvalue weighted by Crippen LogP contribution is 2.31. The Morgan fingerprint density at radius 3 is 2.12 bits per heavy atom. The third-order valence-corrected chi connectivity index (χ3v) is 3.87. The van der Waals surface area contributed by atoms with Crippen molar-refractivity contribution >= 4 is 11.6 Å². The molecule has 6 heteroatoms. The van der Waals surface area contributed by atoms with E-state index >= 15 is 0 Å². The summed E-state index contributed by atoms with van der Waals surface area (Å²) in [5.74, 6) is 2.27. The van der Waals surface area contributed by atoms with Crippen LogP contribution in [0.4, 0.5) is 5.69 Å². The van der Waals surface area contributed by atoms with Crippen LogP contribution < -0.4 is 24.3 Å². The third-order valence-electron chi connectivity index (χ3n) is 3.87. The highest BCUT2D eigenvalue weighted by Gasteiger charge is 2.14. The van der Waals surface area contributed by atoms with E-state index in [1.54, 1.807) is 46.6 Å². The maximum absolute atomic E-state index is 12.5. The first kappa shape index (κ1) is 18.4. The van der Waals surface area contributed by atoms with E-state index in [-0.39, 0.29) is 12.3 Å². The fraction of sp³-hybridized carbons (Fsp3) is 0.316. The Balaban J connectivity index is 2.21. The molecule has 0 atom stereocenters. The van der Waals surface area contributed by atoms with Crippen molar-refractivity contribution < 1.29 is 23.7 Å². The molecule has 2 rings (SSSR count). The van der Waals surface area contributed by atoms with Crippen molar-refractivity contribution in [3.63, 3.8) is 0 Å².